The Morgan fingerprint density at radius 1 is 1.08 bits per heavy atom. The van der Waals surface area contributed by atoms with Crippen LogP contribution in [0, 0.1) is 0 Å². The summed E-state index contributed by atoms with van der Waals surface area (Å²) in [6.07, 6.45) is 4.82. The van der Waals surface area contributed by atoms with E-state index in [4.69, 9.17) is 4.74 Å². The monoisotopic (exact) mass is 186 g/mol. The SMILES string of the molecule is CCCC([SiH3])=C(CCC)OCC. The van der Waals surface area contributed by atoms with Crippen LogP contribution in [0.4, 0.5) is 0 Å². The van der Waals surface area contributed by atoms with E-state index in [1.807, 2.05) is 0 Å². The standard InChI is InChI=1S/C10H22OSi/c1-4-7-9(11-6-3)10(12)8-5-2/h4-8H2,1-3,12H3. The number of allylic oxidation sites excluding steroid dienone is 2. The molecule has 0 radical (unpaired) electrons. The van der Waals surface area contributed by atoms with E-state index in [2.05, 4.69) is 20.8 Å². The van der Waals surface area contributed by atoms with Crippen LogP contribution in [0.3, 0.4) is 0 Å². The van der Waals surface area contributed by atoms with Crippen molar-refractivity contribution in [2.24, 2.45) is 0 Å². The van der Waals surface area contributed by atoms with Crippen LogP contribution in [0.25, 0.3) is 0 Å². The molecule has 12 heavy (non-hydrogen) atoms. The second-order valence-electron chi connectivity index (χ2n) is 3.14. The van der Waals surface area contributed by atoms with Gasteiger partial charge in [0.1, 0.15) is 0 Å². The molecule has 0 aliphatic rings. The van der Waals surface area contributed by atoms with E-state index < -0.39 is 0 Å². The zero-order valence-corrected chi connectivity index (χ0v) is 10.9. The van der Waals surface area contributed by atoms with Crippen molar-refractivity contribution in [1.29, 1.82) is 0 Å². The minimum absolute atomic E-state index is 0.824. The van der Waals surface area contributed by atoms with E-state index in [1.54, 1.807) is 5.20 Å². The second-order valence-corrected chi connectivity index (χ2v) is 4.34. The molecule has 0 unspecified atom stereocenters. The molecule has 0 spiro atoms. The van der Waals surface area contributed by atoms with Gasteiger partial charge in [-0.05, 0) is 19.8 Å². The summed E-state index contributed by atoms with van der Waals surface area (Å²) in [4.78, 5) is 0. The molecule has 0 atom stereocenters. The van der Waals surface area contributed by atoms with Crippen molar-refractivity contribution in [2.75, 3.05) is 6.61 Å². The third kappa shape index (κ3) is 4.60. The van der Waals surface area contributed by atoms with Crippen molar-refractivity contribution in [3.05, 3.63) is 11.0 Å². The van der Waals surface area contributed by atoms with Crippen LogP contribution in [0.15, 0.2) is 11.0 Å². The van der Waals surface area contributed by atoms with Gasteiger partial charge in [-0.2, -0.15) is 0 Å². The Bertz CT molecular complexity index is 133. The molecule has 0 saturated carbocycles. The lowest BCUT2D eigenvalue weighted by atomic mass is 10.2. The molecule has 0 aliphatic carbocycles. The fraction of sp³-hybridized carbons (Fsp3) is 0.800. The highest BCUT2D eigenvalue weighted by Gasteiger charge is 2.00. The van der Waals surface area contributed by atoms with E-state index in [9.17, 15) is 0 Å². The van der Waals surface area contributed by atoms with Crippen molar-refractivity contribution in [1.82, 2.24) is 0 Å². The lowest BCUT2D eigenvalue weighted by molar-refractivity contribution is 0.215. The number of ether oxygens (including phenoxy) is 1. The molecule has 0 fully saturated rings. The van der Waals surface area contributed by atoms with Gasteiger partial charge in [0.05, 0.1) is 12.4 Å². The molecule has 0 aromatic rings. The molecule has 72 valence electrons. The largest absolute Gasteiger partial charge is 0.499 e. The second kappa shape index (κ2) is 7.41. The number of hydrogen-bond acceptors (Lipinski definition) is 1. The number of rotatable bonds is 6. The molecule has 0 saturated heterocycles. The summed E-state index contributed by atoms with van der Waals surface area (Å²) in [6, 6.07) is 0. The van der Waals surface area contributed by atoms with Crippen LogP contribution in [0.2, 0.25) is 0 Å². The summed E-state index contributed by atoms with van der Waals surface area (Å²) in [5.41, 5.74) is 0. The maximum Gasteiger partial charge on any atom is 0.0902 e. The van der Waals surface area contributed by atoms with Crippen molar-refractivity contribution < 1.29 is 4.74 Å². The zero-order valence-electron chi connectivity index (χ0n) is 8.94. The summed E-state index contributed by atoms with van der Waals surface area (Å²) in [6.45, 7) is 7.33. The predicted octanol–water partition coefficient (Wildman–Crippen LogP) is 2.20. The van der Waals surface area contributed by atoms with Gasteiger partial charge in [0.25, 0.3) is 0 Å². The molecule has 0 bridgehead atoms. The Kier molecular flexibility index (Phi) is 7.26. The summed E-state index contributed by atoms with van der Waals surface area (Å²) in [7, 11) is 1.17. The van der Waals surface area contributed by atoms with E-state index in [0.29, 0.717) is 0 Å². The summed E-state index contributed by atoms with van der Waals surface area (Å²) >= 11 is 0. The molecule has 2 heteroatoms. The van der Waals surface area contributed by atoms with Crippen LogP contribution in [0.5, 0.6) is 0 Å². The maximum atomic E-state index is 5.61. The molecular formula is C10H22OSi. The topological polar surface area (TPSA) is 9.23 Å². The Morgan fingerprint density at radius 3 is 2.08 bits per heavy atom. The number of hydrogen-bond donors (Lipinski definition) is 0. The Labute approximate surface area is 79.6 Å². The van der Waals surface area contributed by atoms with Gasteiger partial charge in [-0.25, -0.2) is 0 Å². The van der Waals surface area contributed by atoms with Crippen LogP contribution in [-0.2, 0) is 4.74 Å². The van der Waals surface area contributed by atoms with Crippen molar-refractivity contribution >= 4 is 10.2 Å². The van der Waals surface area contributed by atoms with Crippen LogP contribution in [-0.4, -0.2) is 16.8 Å². The summed E-state index contributed by atoms with van der Waals surface area (Å²) in [5, 5.41) is 1.57. The highest BCUT2D eigenvalue weighted by molar-refractivity contribution is 6.21. The average Bonchev–Trinajstić information content (AvgIpc) is 2.04. The van der Waals surface area contributed by atoms with Crippen molar-refractivity contribution in [3.8, 4) is 0 Å². The normalized spacial score (nSPS) is 12.9. The molecule has 0 aliphatic heterocycles. The van der Waals surface area contributed by atoms with Gasteiger partial charge < -0.3 is 4.74 Å². The highest BCUT2D eigenvalue weighted by atomic mass is 28.1. The first-order valence-corrected chi connectivity index (χ1v) is 6.07. The van der Waals surface area contributed by atoms with Gasteiger partial charge in [-0.15, -0.1) is 0 Å². The Balaban J connectivity index is 4.11. The fourth-order valence-corrected chi connectivity index (χ4v) is 2.22. The molecular weight excluding hydrogens is 164 g/mol. The lowest BCUT2D eigenvalue weighted by Crippen LogP contribution is -1.97. The quantitative estimate of drug-likeness (QED) is 0.456. The van der Waals surface area contributed by atoms with Crippen molar-refractivity contribution in [3.63, 3.8) is 0 Å². The highest BCUT2D eigenvalue weighted by Crippen LogP contribution is 2.14. The molecule has 1 nitrogen and oxygen atoms in total. The smallest absolute Gasteiger partial charge is 0.0902 e. The lowest BCUT2D eigenvalue weighted by Gasteiger charge is -2.11. The average molecular weight is 186 g/mol. The zero-order chi connectivity index (χ0) is 9.40. The minimum Gasteiger partial charge on any atom is -0.499 e. The van der Waals surface area contributed by atoms with E-state index in [-0.39, 0.29) is 0 Å². The minimum atomic E-state index is 0.824. The maximum absolute atomic E-state index is 5.61. The first-order valence-electron chi connectivity index (χ1n) is 5.07. The van der Waals surface area contributed by atoms with Gasteiger partial charge in [-0.1, -0.05) is 25.5 Å². The predicted molar refractivity (Wildman–Crippen MR) is 58.4 cm³/mol. The van der Waals surface area contributed by atoms with Gasteiger partial charge in [0.2, 0.25) is 0 Å². The van der Waals surface area contributed by atoms with Gasteiger partial charge in [0, 0.05) is 16.7 Å². The molecule has 0 amide bonds. The first kappa shape index (κ1) is 11.8. The van der Waals surface area contributed by atoms with E-state index >= 15 is 0 Å². The summed E-state index contributed by atoms with van der Waals surface area (Å²) < 4.78 is 5.61. The Morgan fingerprint density at radius 2 is 1.67 bits per heavy atom. The van der Waals surface area contributed by atoms with E-state index in [1.165, 1.54) is 35.3 Å². The molecule has 0 aromatic heterocycles. The third-order valence-electron chi connectivity index (χ3n) is 1.90. The summed E-state index contributed by atoms with van der Waals surface area (Å²) in [5.74, 6) is 1.29. The fourth-order valence-electron chi connectivity index (χ4n) is 1.32. The van der Waals surface area contributed by atoms with Gasteiger partial charge >= 0.3 is 0 Å². The third-order valence-corrected chi connectivity index (χ3v) is 2.95. The van der Waals surface area contributed by atoms with Crippen LogP contribution >= 0.6 is 0 Å². The van der Waals surface area contributed by atoms with Gasteiger partial charge in [0.15, 0.2) is 0 Å². The van der Waals surface area contributed by atoms with Crippen LogP contribution < -0.4 is 0 Å². The van der Waals surface area contributed by atoms with Gasteiger partial charge in [-0.3, -0.25) is 0 Å². The van der Waals surface area contributed by atoms with E-state index in [0.717, 1.165) is 13.0 Å². The molecule has 0 rings (SSSR count). The molecule has 0 heterocycles. The van der Waals surface area contributed by atoms with Crippen molar-refractivity contribution in [2.45, 2.75) is 46.5 Å². The molecule has 0 N–H and O–H groups in total. The molecule has 0 aromatic carbocycles. The Hall–Kier alpha value is -0.243. The first-order chi connectivity index (χ1) is 5.76. The van der Waals surface area contributed by atoms with Crippen LogP contribution in [0.1, 0.15) is 46.5 Å².